The molecule has 2 aromatic rings. The summed E-state index contributed by atoms with van der Waals surface area (Å²) < 4.78 is 46.9. The van der Waals surface area contributed by atoms with Gasteiger partial charge >= 0.3 is 12.1 Å². The molecule has 0 atom stereocenters. The lowest BCUT2D eigenvalue weighted by Crippen LogP contribution is -2.06. The molecule has 0 fully saturated rings. The number of hydrogen-bond donors (Lipinski definition) is 0. The molecule has 4 nitrogen and oxygen atoms in total. The second kappa shape index (κ2) is 5.36. The molecule has 0 aliphatic carbocycles. The fourth-order valence-corrected chi connectivity index (χ4v) is 1.62. The van der Waals surface area contributed by atoms with Crippen LogP contribution < -0.4 is 0 Å². The Hall–Kier alpha value is -2.31. The molecule has 0 aliphatic rings. The third kappa shape index (κ3) is 2.81. The highest BCUT2D eigenvalue weighted by atomic mass is 19.4. The van der Waals surface area contributed by atoms with Crippen molar-refractivity contribution in [2.75, 3.05) is 6.61 Å². The van der Waals surface area contributed by atoms with E-state index < -0.39 is 17.7 Å². The maximum absolute atomic E-state index is 12.5. The van der Waals surface area contributed by atoms with Crippen molar-refractivity contribution in [3.8, 4) is 11.3 Å². The third-order valence-electron chi connectivity index (χ3n) is 2.55. The number of hydrogen-bond acceptors (Lipinski definition) is 4. The quantitative estimate of drug-likeness (QED) is 0.809. The first-order chi connectivity index (χ1) is 9.43. The first-order valence-electron chi connectivity index (χ1n) is 5.72. The van der Waals surface area contributed by atoms with Gasteiger partial charge in [-0.15, -0.1) is 0 Å². The summed E-state index contributed by atoms with van der Waals surface area (Å²) in [6.07, 6.45) is -3.31. The van der Waals surface area contributed by atoms with E-state index in [1.165, 1.54) is 12.1 Å². The van der Waals surface area contributed by atoms with Gasteiger partial charge in [-0.2, -0.15) is 13.2 Å². The van der Waals surface area contributed by atoms with Crippen molar-refractivity contribution in [1.82, 2.24) is 5.16 Å². The normalized spacial score (nSPS) is 11.4. The van der Waals surface area contributed by atoms with Gasteiger partial charge in [0.05, 0.1) is 12.2 Å². The second-order valence-corrected chi connectivity index (χ2v) is 3.87. The first-order valence-corrected chi connectivity index (χ1v) is 5.72. The summed E-state index contributed by atoms with van der Waals surface area (Å²) in [6.45, 7) is 1.82. The fraction of sp³-hybridized carbons (Fsp3) is 0.231. The zero-order valence-corrected chi connectivity index (χ0v) is 10.4. The SMILES string of the molecule is CCOC(=O)c1conc1-c1ccc(C(F)(F)F)cc1. The van der Waals surface area contributed by atoms with Gasteiger partial charge < -0.3 is 9.26 Å². The molecule has 2 rings (SSSR count). The van der Waals surface area contributed by atoms with Gasteiger partial charge in [0, 0.05) is 5.56 Å². The van der Waals surface area contributed by atoms with E-state index in [1.54, 1.807) is 6.92 Å². The van der Waals surface area contributed by atoms with Crippen LogP contribution in [0.15, 0.2) is 35.1 Å². The molecular weight excluding hydrogens is 275 g/mol. The highest BCUT2D eigenvalue weighted by molar-refractivity contribution is 5.95. The summed E-state index contributed by atoms with van der Waals surface area (Å²) in [4.78, 5) is 11.6. The van der Waals surface area contributed by atoms with Crippen LogP contribution in [0.2, 0.25) is 0 Å². The Labute approximate surface area is 112 Å². The van der Waals surface area contributed by atoms with Gasteiger partial charge in [-0.05, 0) is 19.1 Å². The molecule has 20 heavy (non-hydrogen) atoms. The summed E-state index contributed by atoms with van der Waals surface area (Å²) in [5.74, 6) is -0.636. The number of benzene rings is 1. The first kappa shape index (κ1) is 14.1. The van der Waals surface area contributed by atoms with Crippen LogP contribution in [0.3, 0.4) is 0 Å². The van der Waals surface area contributed by atoms with Crippen molar-refractivity contribution >= 4 is 5.97 Å². The summed E-state index contributed by atoms with van der Waals surface area (Å²) in [7, 11) is 0. The maximum Gasteiger partial charge on any atom is 0.416 e. The number of rotatable bonds is 3. The van der Waals surface area contributed by atoms with E-state index in [2.05, 4.69) is 5.16 Å². The molecule has 0 saturated carbocycles. The Kier molecular flexibility index (Phi) is 3.78. The van der Waals surface area contributed by atoms with Gasteiger partial charge in [0.2, 0.25) is 0 Å². The van der Waals surface area contributed by atoms with Gasteiger partial charge in [-0.3, -0.25) is 0 Å². The number of ether oxygens (including phenoxy) is 1. The van der Waals surface area contributed by atoms with Crippen LogP contribution in [0.25, 0.3) is 11.3 Å². The molecule has 0 unspecified atom stereocenters. The third-order valence-corrected chi connectivity index (χ3v) is 2.55. The average molecular weight is 285 g/mol. The number of nitrogens with zero attached hydrogens (tertiary/aromatic N) is 1. The Bertz CT molecular complexity index is 602. The van der Waals surface area contributed by atoms with E-state index in [0.717, 1.165) is 18.4 Å². The highest BCUT2D eigenvalue weighted by Gasteiger charge is 2.30. The predicted octanol–water partition coefficient (Wildman–Crippen LogP) is 3.54. The van der Waals surface area contributed by atoms with E-state index >= 15 is 0 Å². The molecule has 0 saturated heterocycles. The smallest absolute Gasteiger partial charge is 0.416 e. The zero-order valence-electron chi connectivity index (χ0n) is 10.4. The number of esters is 1. The topological polar surface area (TPSA) is 52.3 Å². The van der Waals surface area contributed by atoms with E-state index in [-0.39, 0.29) is 17.9 Å². The number of aromatic nitrogens is 1. The Morgan fingerprint density at radius 2 is 1.95 bits per heavy atom. The monoisotopic (exact) mass is 285 g/mol. The van der Waals surface area contributed by atoms with Crippen LogP contribution in [-0.2, 0) is 10.9 Å². The van der Waals surface area contributed by atoms with Crippen LogP contribution >= 0.6 is 0 Å². The standard InChI is InChI=1S/C13H10F3NO3/c1-2-19-12(18)10-7-20-17-11(10)8-3-5-9(6-4-8)13(14,15)16/h3-7H,2H2,1H3. The minimum Gasteiger partial charge on any atom is -0.462 e. The van der Waals surface area contributed by atoms with Gasteiger partial charge in [0.1, 0.15) is 17.5 Å². The molecule has 0 aliphatic heterocycles. The zero-order chi connectivity index (χ0) is 14.8. The van der Waals surface area contributed by atoms with Crippen molar-refractivity contribution in [3.63, 3.8) is 0 Å². The number of halogens is 3. The molecule has 106 valence electrons. The van der Waals surface area contributed by atoms with E-state index in [0.29, 0.717) is 5.56 Å². The van der Waals surface area contributed by atoms with Gasteiger partial charge in [0.15, 0.2) is 0 Å². The molecule has 0 bridgehead atoms. The largest absolute Gasteiger partial charge is 0.462 e. The number of carbonyl (C=O) groups excluding carboxylic acids is 1. The van der Waals surface area contributed by atoms with Crippen LogP contribution in [0.5, 0.6) is 0 Å². The van der Waals surface area contributed by atoms with Gasteiger partial charge in [0.25, 0.3) is 0 Å². The molecule has 1 heterocycles. The molecule has 0 spiro atoms. The lowest BCUT2D eigenvalue weighted by molar-refractivity contribution is -0.137. The van der Waals surface area contributed by atoms with Crippen molar-refractivity contribution in [2.45, 2.75) is 13.1 Å². The molecular formula is C13H10F3NO3. The summed E-state index contributed by atoms with van der Waals surface area (Å²) >= 11 is 0. The molecule has 7 heteroatoms. The van der Waals surface area contributed by atoms with Crippen LogP contribution in [0.4, 0.5) is 13.2 Å². The Morgan fingerprint density at radius 3 is 2.50 bits per heavy atom. The predicted molar refractivity (Wildman–Crippen MR) is 62.9 cm³/mol. The van der Waals surface area contributed by atoms with Crippen LogP contribution in [-0.4, -0.2) is 17.7 Å². The Morgan fingerprint density at radius 1 is 1.30 bits per heavy atom. The van der Waals surface area contributed by atoms with Crippen LogP contribution in [0.1, 0.15) is 22.8 Å². The lowest BCUT2D eigenvalue weighted by atomic mass is 10.1. The van der Waals surface area contributed by atoms with Crippen molar-refractivity contribution in [2.24, 2.45) is 0 Å². The molecule has 0 radical (unpaired) electrons. The van der Waals surface area contributed by atoms with E-state index in [9.17, 15) is 18.0 Å². The van der Waals surface area contributed by atoms with Gasteiger partial charge in [-0.1, -0.05) is 17.3 Å². The lowest BCUT2D eigenvalue weighted by Gasteiger charge is -2.07. The number of alkyl halides is 3. The molecule has 0 amide bonds. The minimum absolute atomic E-state index is 0.0756. The van der Waals surface area contributed by atoms with E-state index in [1.807, 2.05) is 0 Å². The molecule has 0 N–H and O–H groups in total. The maximum atomic E-state index is 12.5. The summed E-state index contributed by atoms with van der Waals surface area (Å²) in [6, 6.07) is 4.28. The molecule has 1 aromatic heterocycles. The average Bonchev–Trinajstić information content (AvgIpc) is 2.87. The molecule has 1 aromatic carbocycles. The number of carbonyl (C=O) groups is 1. The minimum atomic E-state index is -4.41. The second-order valence-electron chi connectivity index (χ2n) is 3.87. The highest BCUT2D eigenvalue weighted by Crippen LogP contribution is 2.31. The van der Waals surface area contributed by atoms with Gasteiger partial charge in [-0.25, -0.2) is 4.79 Å². The summed E-state index contributed by atoms with van der Waals surface area (Å²) in [5, 5.41) is 3.62. The van der Waals surface area contributed by atoms with Crippen molar-refractivity contribution in [1.29, 1.82) is 0 Å². The summed E-state index contributed by atoms with van der Waals surface area (Å²) in [5.41, 5.74) is -0.207. The fourth-order valence-electron chi connectivity index (χ4n) is 1.62. The van der Waals surface area contributed by atoms with E-state index in [4.69, 9.17) is 9.26 Å². The van der Waals surface area contributed by atoms with Crippen LogP contribution in [0, 0.1) is 0 Å². The van der Waals surface area contributed by atoms with Crippen molar-refractivity contribution in [3.05, 3.63) is 41.7 Å². The van der Waals surface area contributed by atoms with Crippen molar-refractivity contribution < 1.29 is 27.2 Å². The Balaban J connectivity index is 2.33.